The van der Waals surface area contributed by atoms with Crippen molar-refractivity contribution in [1.82, 2.24) is 10.6 Å². The van der Waals surface area contributed by atoms with Crippen LogP contribution in [0.5, 0.6) is 0 Å². The standard InChI is InChI=1S/C4H7N3O/c5-3-1-2-6-4(8)7-3/h1-3H,5H2,(H2,6,7,8)/i3D. The smallest absolute Gasteiger partial charge is 0.319 e. The molecular weight excluding hydrogens is 106 g/mol. The molecule has 0 saturated heterocycles. The van der Waals surface area contributed by atoms with Crippen molar-refractivity contribution < 1.29 is 6.17 Å². The molecule has 1 aliphatic heterocycles. The fourth-order valence-corrected chi connectivity index (χ4v) is 0.416. The van der Waals surface area contributed by atoms with Crippen LogP contribution in [0.1, 0.15) is 1.37 Å². The summed E-state index contributed by atoms with van der Waals surface area (Å²) in [5.41, 5.74) is 5.18. The van der Waals surface area contributed by atoms with Gasteiger partial charge in [-0.05, 0) is 6.08 Å². The van der Waals surface area contributed by atoms with Crippen molar-refractivity contribution >= 4 is 6.03 Å². The predicted octanol–water partition coefficient (Wildman–Crippen LogP) is -0.902. The topological polar surface area (TPSA) is 67.1 Å². The van der Waals surface area contributed by atoms with Gasteiger partial charge in [-0.2, -0.15) is 0 Å². The number of nitrogens with one attached hydrogen (secondary N) is 2. The third kappa shape index (κ3) is 0.974. The van der Waals surface area contributed by atoms with Crippen molar-refractivity contribution in [1.29, 1.82) is 0 Å². The first kappa shape index (κ1) is 3.91. The first-order valence-electron chi connectivity index (χ1n) is 2.65. The third-order valence-electron chi connectivity index (χ3n) is 0.735. The molecular formula is C4H7N3O. The van der Waals surface area contributed by atoms with E-state index in [2.05, 4.69) is 10.6 Å². The minimum absolute atomic E-state index is 0.449. The Balaban J connectivity index is 2.71. The minimum Gasteiger partial charge on any atom is -0.319 e. The lowest BCUT2D eigenvalue weighted by Gasteiger charge is -2.13. The summed E-state index contributed by atoms with van der Waals surface area (Å²) in [6, 6.07) is -0.449. The number of rotatable bonds is 0. The molecule has 1 aliphatic rings. The number of hydrogen-bond donors (Lipinski definition) is 3. The van der Waals surface area contributed by atoms with Gasteiger partial charge in [-0.15, -0.1) is 0 Å². The quantitative estimate of drug-likeness (QED) is 0.382. The molecule has 0 fully saturated rings. The number of nitrogens with two attached hydrogens (primary N) is 1. The maximum atomic E-state index is 10.4. The van der Waals surface area contributed by atoms with Crippen molar-refractivity contribution in [2.45, 2.75) is 6.14 Å². The van der Waals surface area contributed by atoms with Crippen LogP contribution in [0.15, 0.2) is 12.3 Å². The van der Waals surface area contributed by atoms with Gasteiger partial charge in [0.15, 0.2) is 0 Å². The van der Waals surface area contributed by atoms with E-state index < -0.39 is 12.2 Å². The summed E-state index contributed by atoms with van der Waals surface area (Å²) in [7, 11) is 0. The number of urea groups is 1. The molecule has 0 saturated carbocycles. The van der Waals surface area contributed by atoms with E-state index in [4.69, 9.17) is 7.10 Å². The fourth-order valence-electron chi connectivity index (χ4n) is 0.416. The Morgan fingerprint density at radius 2 is 2.75 bits per heavy atom. The molecule has 0 radical (unpaired) electrons. The van der Waals surface area contributed by atoms with Crippen LogP contribution in [0.2, 0.25) is 0 Å². The van der Waals surface area contributed by atoms with Crippen LogP contribution in [0.3, 0.4) is 0 Å². The van der Waals surface area contributed by atoms with E-state index in [1.807, 2.05) is 0 Å². The lowest BCUT2D eigenvalue weighted by molar-refractivity contribution is 0.241. The van der Waals surface area contributed by atoms with E-state index in [9.17, 15) is 4.79 Å². The van der Waals surface area contributed by atoms with Crippen LogP contribution in [0, 0.1) is 0 Å². The summed E-state index contributed by atoms with van der Waals surface area (Å²) >= 11 is 0. The van der Waals surface area contributed by atoms with Gasteiger partial charge in [0, 0.05) is 6.20 Å². The van der Waals surface area contributed by atoms with Crippen molar-refractivity contribution in [3.05, 3.63) is 12.3 Å². The maximum Gasteiger partial charge on any atom is 0.320 e. The van der Waals surface area contributed by atoms with Gasteiger partial charge in [-0.25, -0.2) is 4.79 Å². The molecule has 1 heterocycles. The van der Waals surface area contributed by atoms with Crippen molar-refractivity contribution in [3.8, 4) is 0 Å². The van der Waals surface area contributed by atoms with Gasteiger partial charge in [-0.3, -0.25) is 0 Å². The maximum absolute atomic E-state index is 10.4. The molecule has 0 aromatic carbocycles. The first-order chi connectivity index (χ1) is 4.10. The zero-order valence-electron chi connectivity index (χ0n) is 5.14. The van der Waals surface area contributed by atoms with Gasteiger partial charge in [0.25, 0.3) is 0 Å². The summed E-state index contributed by atoms with van der Waals surface area (Å²) in [5.74, 6) is 0. The molecule has 4 nitrogen and oxygen atoms in total. The summed E-state index contributed by atoms with van der Waals surface area (Å²) in [4.78, 5) is 10.4. The van der Waals surface area contributed by atoms with Gasteiger partial charge in [0.2, 0.25) is 0 Å². The lowest BCUT2D eigenvalue weighted by Crippen LogP contribution is -2.47. The Labute approximate surface area is 48.1 Å². The van der Waals surface area contributed by atoms with Crippen LogP contribution in [0.4, 0.5) is 4.79 Å². The summed E-state index contributed by atoms with van der Waals surface area (Å²) in [5, 5.41) is 4.47. The number of carbonyl (C=O) groups excluding carboxylic acids is 1. The van der Waals surface area contributed by atoms with Gasteiger partial charge in [0.1, 0.15) is 0 Å². The SMILES string of the molecule is [2H]C1(N)C=CNC(=O)N1. The van der Waals surface area contributed by atoms with Crippen molar-refractivity contribution in [2.75, 3.05) is 0 Å². The molecule has 4 heteroatoms. The highest BCUT2D eigenvalue weighted by atomic mass is 16.2. The highest BCUT2D eigenvalue weighted by molar-refractivity contribution is 5.76. The van der Waals surface area contributed by atoms with Crippen LogP contribution < -0.4 is 16.4 Å². The molecule has 1 unspecified atom stereocenters. The number of amides is 2. The van der Waals surface area contributed by atoms with Crippen LogP contribution in [0.25, 0.3) is 0 Å². The van der Waals surface area contributed by atoms with E-state index in [0.717, 1.165) is 0 Å². The second-order valence-electron chi connectivity index (χ2n) is 1.39. The monoisotopic (exact) mass is 114 g/mol. The van der Waals surface area contributed by atoms with Crippen molar-refractivity contribution in [3.63, 3.8) is 0 Å². The molecule has 0 aromatic heterocycles. The largest absolute Gasteiger partial charge is 0.320 e. The molecule has 0 aliphatic carbocycles. The van der Waals surface area contributed by atoms with Gasteiger partial charge >= 0.3 is 6.03 Å². The van der Waals surface area contributed by atoms with Gasteiger partial charge in [0.05, 0.1) is 7.51 Å². The molecule has 8 heavy (non-hydrogen) atoms. The first-order valence-corrected chi connectivity index (χ1v) is 2.15. The van der Waals surface area contributed by atoms with Crippen LogP contribution in [-0.2, 0) is 0 Å². The molecule has 0 spiro atoms. The Morgan fingerprint density at radius 1 is 2.00 bits per heavy atom. The zero-order chi connectivity index (χ0) is 6.91. The lowest BCUT2D eigenvalue weighted by atomic mass is 10.4. The van der Waals surface area contributed by atoms with Crippen LogP contribution >= 0.6 is 0 Å². The van der Waals surface area contributed by atoms with E-state index >= 15 is 0 Å². The predicted molar refractivity (Wildman–Crippen MR) is 28.8 cm³/mol. The number of carbonyl (C=O) groups is 1. The molecule has 1 atom stereocenters. The average molecular weight is 114 g/mol. The Bertz CT molecular complexity index is 165. The van der Waals surface area contributed by atoms with Gasteiger partial charge < -0.3 is 16.4 Å². The Hall–Kier alpha value is -1.03. The molecule has 0 bridgehead atoms. The molecule has 4 N–H and O–H groups in total. The average Bonchev–Trinajstić information content (AvgIpc) is 1.60. The molecule has 2 amide bonds. The van der Waals surface area contributed by atoms with E-state index in [1.165, 1.54) is 12.3 Å². The van der Waals surface area contributed by atoms with Crippen molar-refractivity contribution in [2.24, 2.45) is 5.73 Å². The second-order valence-corrected chi connectivity index (χ2v) is 1.39. The number of hydrogen-bond acceptors (Lipinski definition) is 2. The van der Waals surface area contributed by atoms with E-state index in [-0.39, 0.29) is 0 Å². The Kier molecular flexibility index (Phi) is 0.896. The summed E-state index contributed by atoms with van der Waals surface area (Å²) in [6.07, 6.45) is 1.24. The molecule has 44 valence electrons. The zero-order valence-corrected chi connectivity index (χ0v) is 4.14. The molecule has 1 rings (SSSR count). The van der Waals surface area contributed by atoms with Gasteiger partial charge in [-0.1, -0.05) is 0 Å². The third-order valence-corrected chi connectivity index (χ3v) is 0.735. The summed E-state index contributed by atoms with van der Waals surface area (Å²) in [6.45, 7) is 0. The second kappa shape index (κ2) is 1.83. The fraction of sp³-hybridized carbons (Fsp3) is 0.250. The van der Waals surface area contributed by atoms with E-state index in [1.54, 1.807) is 0 Å². The Morgan fingerprint density at radius 3 is 3.12 bits per heavy atom. The van der Waals surface area contributed by atoms with E-state index in [0.29, 0.717) is 0 Å². The molecule has 0 aromatic rings. The minimum atomic E-state index is -1.44. The highest BCUT2D eigenvalue weighted by Gasteiger charge is 2.05. The summed E-state index contributed by atoms with van der Waals surface area (Å²) < 4.78 is 7.08. The van der Waals surface area contributed by atoms with Crippen LogP contribution in [-0.4, -0.2) is 12.2 Å². The highest BCUT2D eigenvalue weighted by Crippen LogP contribution is 1.81. The normalized spacial score (nSPS) is 37.6.